The maximum atomic E-state index is 13.6. The van der Waals surface area contributed by atoms with E-state index in [0.29, 0.717) is 31.4 Å². The number of rotatable bonds is 9. The highest BCUT2D eigenvalue weighted by atomic mass is 19.1. The number of nitrogens with one attached hydrogen (secondary N) is 1. The van der Waals surface area contributed by atoms with Crippen molar-refractivity contribution < 1.29 is 13.9 Å². The summed E-state index contributed by atoms with van der Waals surface area (Å²) in [6.07, 6.45) is 3.89. The summed E-state index contributed by atoms with van der Waals surface area (Å²) in [5.41, 5.74) is 3.19. The topological polar surface area (TPSA) is 86.7 Å². The first-order valence-corrected chi connectivity index (χ1v) is 14.2. The summed E-state index contributed by atoms with van der Waals surface area (Å²) in [6, 6.07) is 10.8. The van der Waals surface area contributed by atoms with Crippen LogP contribution in [0.2, 0.25) is 0 Å². The van der Waals surface area contributed by atoms with Crippen LogP contribution < -0.4 is 20.0 Å². The van der Waals surface area contributed by atoms with E-state index < -0.39 is 0 Å². The minimum atomic E-state index is -0.262. The Morgan fingerprint density at radius 3 is 2.50 bits per heavy atom. The lowest BCUT2D eigenvalue weighted by molar-refractivity contribution is 0.0922. The smallest absolute Gasteiger partial charge is 0.252 e. The van der Waals surface area contributed by atoms with E-state index in [1.54, 1.807) is 18.3 Å². The molecule has 2 fully saturated rings. The SMILES string of the molecule is CCOCCNC(=O)c1cnc(N2CCN(c3cc(-c4ccc(F)cc4)nc(N4CCCC4C)n3)CC2)c(C)c1. The molecule has 5 rings (SSSR count). The number of hydrogen-bond donors (Lipinski definition) is 1. The molecule has 0 bridgehead atoms. The lowest BCUT2D eigenvalue weighted by atomic mass is 10.1. The van der Waals surface area contributed by atoms with Gasteiger partial charge in [0, 0.05) is 69.7 Å². The molecule has 2 aromatic heterocycles. The van der Waals surface area contributed by atoms with Crippen molar-refractivity contribution in [3.05, 3.63) is 59.5 Å². The van der Waals surface area contributed by atoms with E-state index in [0.717, 1.165) is 80.0 Å². The van der Waals surface area contributed by atoms with Gasteiger partial charge in [0.2, 0.25) is 5.95 Å². The van der Waals surface area contributed by atoms with Crippen LogP contribution in [0.5, 0.6) is 0 Å². The molecule has 0 radical (unpaired) electrons. The van der Waals surface area contributed by atoms with Gasteiger partial charge in [0.25, 0.3) is 5.91 Å². The monoisotopic (exact) mass is 547 g/mol. The zero-order valence-corrected chi connectivity index (χ0v) is 23.6. The molecule has 2 aliphatic heterocycles. The van der Waals surface area contributed by atoms with Crippen LogP contribution in [0.3, 0.4) is 0 Å². The molecule has 1 N–H and O–H groups in total. The zero-order valence-electron chi connectivity index (χ0n) is 23.6. The van der Waals surface area contributed by atoms with Crippen LogP contribution in [0.1, 0.15) is 42.6 Å². The summed E-state index contributed by atoms with van der Waals surface area (Å²) in [4.78, 5) is 33.8. The molecule has 9 nitrogen and oxygen atoms in total. The quantitative estimate of drug-likeness (QED) is 0.402. The molecule has 0 saturated carbocycles. The summed E-state index contributed by atoms with van der Waals surface area (Å²) < 4.78 is 18.9. The van der Waals surface area contributed by atoms with Crippen LogP contribution >= 0.6 is 0 Å². The largest absolute Gasteiger partial charge is 0.380 e. The number of piperazine rings is 1. The van der Waals surface area contributed by atoms with Gasteiger partial charge in [-0.3, -0.25) is 4.79 Å². The number of amides is 1. The Hall–Kier alpha value is -3.79. The molecule has 1 amide bonds. The first-order chi connectivity index (χ1) is 19.4. The van der Waals surface area contributed by atoms with Crippen molar-refractivity contribution in [3.63, 3.8) is 0 Å². The van der Waals surface area contributed by atoms with Crippen LogP contribution in [0, 0.1) is 12.7 Å². The maximum Gasteiger partial charge on any atom is 0.252 e. The first kappa shape index (κ1) is 27.8. The number of halogens is 1. The average molecular weight is 548 g/mol. The number of carbonyl (C=O) groups excluding carboxylic acids is 1. The molecular weight excluding hydrogens is 509 g/mol. The van der Waals surface area contributed by atoms with E-state index in [9.17, 15) is 9.18 Å². The van der Waals surface area contributed by atoms with Gasteiger partial charge < -0.3 is 24.8 Å². The molecule has 212 valence electrons. The molecular formula is C30H38FN7O2. The van der Waals surface area contributed by atoms with Gasteiger partial charge in [0.15, 0.2) is 0 Å². The van der Waals surface area contributed by atoms with Gasteiger partial charge in [-0.1, -0.05) is 0 Å². The predicted octanol–water partition coefficient (Wildman–Crippen LogP) is 4.07. The number of nitrogens with zero attached hydrogens (tertiary/aromatic N) is 6. The van der Waals surface area contributed by atoms with Crippen LogP contribution in [-0.4, -0.2) is 79.4 Å². The molecule has 1 unspecified atom stereocenters. The number of carbonyl (C=O) groups is 1. The molecule has 2 aliphatic rings. The van der Waals surface area contributed by atoms with Gasteiger partial charge in [-0.15, -0.1) is 0 Å². The summed E-state index contributed by atoms with van der Waals surface area (Å²) in [6.45, 7) is 11.8. The highest BCUT2D eigenvalue weighted by Gasteiger charge is 2.26. The molecule has 2 saturated heterocycles. The highest BCUT2D eigenvalue weighted by Crippen LogP contribution is 2.30. The second kappa shape index (κ2) is 12.6. The Morgan fingerprint density at radius 2 is 1.82 bits per heavy atom. The van der Waals surface area contributed by atoms with Crippen LogP contribution in [0.15, 0.2) is 42.6 Å². The van der Waals surface area contributed by atoms with Crippen molar-refractivity contribution in [2.45, 2.75) is 39.7 Å². The van der Waals surface area contributed by atoms with E-state index in [-0.39, 0.29) is 11.7 Å². The lowest BCUT2D eigenvalue weighted by Gasteiger charge is -2.37. The normalized spacial score (nSPS) is 17.4. The fourth-order valence-corrected chi connectivity index (χ4v) is 5.36. The Labute approximate surface area is 235 Å². The van der Waals surface area contributed by atoms with Crippen LogP contribution in [0.25, 0.3) is 11.3 Å². The third kappa shape index (κ3) is 6.33. The zero-order chi connectivity index (χ0) is 28.1. The van der Waals surface area contributed by atoms with Gasteiger partial charge in [-0.25, -0.2) is 14.4 Å². The molecule has 0 aliphatic carbocycles. The standard InChI is InChI=1S/C30H38FN7O2/c1-4-40-17-11-32-29(39)24-18-21(2)28(33-20-24)37-15-13-36(14-16-37)27-19-26(23-7-9-25(31)10-8-23)34-30(35-27)38-12-5-6-22(38)3/h7-10,18-20,22H,4-6,11-17H2,1-3H3,(H,32,39). The molecule has 4 heterocycles. The Kier molecular flexibility index (Phi) is 8.74. The highest BCUT2D eigenvalue weighted by molar-refractivity contribution is 5.94. The van der Waals surface area contributed by atoms with Crippen molar-refractivity contribution in [3.8, 4) is 11.3 Å². The minimum Gasteiger partial charge on any atom is -0.380 e. The number of hydrogen-bond acceptors (Lipinski definition) is 8. The van der Waals surface area contributed by atoms with Crippen LogP contribution in [-0.2, 0) is 4.74 Å². The molecule has 3 aromatic rings. The fraction of sp³-hybridized carbons (Fsp3) is 0.467. The third-order valence-corrected chi connectivity index (χ3v) is 7.60. The van der Waals surface area contributed by atoms with Crippen molar-refractivity contribution in [1.82, 2.24) is 20.3 Å². The Balaban J connectivity index is 1.30. The molecule has 40 heavy (non-hydrogen) atoms. The molecule has 10 heteroatoms. The number of ether oxygens (including phenoxy) is 1. The minimum absolute atomic E-state index is 0.143. The first-order valence-electron chi connectivity index (χ1n) is 14.2. The lowest BCUT2D eigenvalue weighted by Crippen LogP contribution is -2.47. The summed E-state index contributed by atoms with van der Waals surface area (Å²) in [7, 11) is 0. The number of anilines is 3. The number of aryl methyl sites for hydroxylation is 1. The Bertz CT molecular complexity index is 1310. The van der Waals surface area contributed by atoms with Gasteiger partial charge in [0.1, 0.15) is 17.5 Å². The summed E-state index contributed by atoms with van der Waals surface area (Å²) >= 11 is 0. The molecule has 1 aromatic carbocycles. The molecule has 1 atom stereocenters. The van der Waals surface area contributed by atoms with Crippen molar-refractivity contribution >= 4 is 23.5 Å². The van der Waals surface area contributed by atoms with Crippen molar-refractivity contribution in [2.24, 2.45) is 0 Å². The fourth-order valence-electron chi connectivity index (χ4n) is 5.36. The van der Waals surface area contributed by atoms with E-state index in [1.807, 2.05) is 26.0 Å². The van der Waals surface area contributed by atoms with Crippen molar-refractivity contribution in [2.75, 3.05) is 67.2 Å². The number of aromatic nitrogens is 3. The van der Waals surface area contributed by atoms with Crippen molar-refractivity contribution in [1.29, 1.82) is 0 Å². The predicted molar refractivity (Wildman–Crippen MR) is 156 cm³/mol. The summed E-state index contributed by atoms with van der Waals surface area (Å²) in [5.74, 6) is 2.10. The molecule has 0 spiro atoms. The van der Waals surface area contributed by atoms with Gasteiger partial charge in [-0.2, -0.15) is 4.98 Å². The number of benzene rings is 1. The second-order valence-corrected chi connectivity index (χ2v) is 10.4. The van der Waals surface area contributed by atoms with E-state index in [1.165, 1.54) is 12.1 Å². The van der Waals surface area contributed by atoms with Crippen LogP contribution in [0.4, 0.5) is 22.0 Å². The maximum absolute atomic E-state index is 13.6. The van der Waals surface area contributed by atoms with Gasteiger partial charge in [0.05, 0.1) is 17.9 Å². The van der Waals surface area contributed by atoms with E-state index >= 15 is 0 Å². The second-order valence-electron chi connectivity index (χ2n) is 10.4. The van der Waals surface area contributed by atoms with E-state index in [2.05, 4.69) is 31.9 Å². The third-order valence-electron chi connectivity index (χ3n) is 7.60. The van der Waals surface area contributed by atoms with Gasteiger partial charge in [-0.05, 0) is 69.5 Å². The van der Waals surface area contributed by atoms with E-state index in [4.69, 9.17) is 14.7 Å². The van der Waals surface area contributed by atoms with Gasteiger partial charge >= 0.3 is 0 Å². The summed E-state index contributed by atoms with van der Waals surface area (Å²) in [5, 5.41) is 2.87. The average Bonchev–Trinajstić information content (AvgIpc) is 3.41. The Morgan fingerprint density at radius 1 is 1.07 bits per heavy atom. The number of pyridine rings is 1.